The maximum Gasteiger partial charge on any atom is 0.147 e. The predicted octanol–water partition coefficient (Wildman–Crippen LogP) is 0.728. The largest absolute Gasteiger partial charge is 0.353 e. The van der Waals surface area contributed by atoms with E-state index in [-0.39, 0.29) is 0 Å². The minimum atomic E-state index is 0.774. The molecule has 5 nitrogen and oxygen atoms in total. The SMILES string of the molecule is CCCN1CCN(c2cncc(CNC)n2)CC1. The van der Waals surface area contributed by atoms with Gasteiger partial charge in [-0.05, 0) is 20.0 Å². The Morgan fingerprint density at radius 1 is 1.22 bits per heavy atom. The standard InChI is InChI=1S/C13H23N5/c1-3-4-17-5-7-18(8-6-17)13-11-15-10-12(16-13)9-14-2/h10-11,14H,3-9H2,1-2H3. The van der Waals surface area contributed by atoms with Gasteiger partial charge < -0.3 is 10.2 Å². The summed E-state index contributed by atoms with van der Waals surface area (Å²) in [5.74, 6) is 1.01. The summed E-state index contributed by atoms with van der Waals surface area (Å²) in [7, 11) is 1.93. The van der Waals surface area contributed by atoms with Gasteiger partial charge in [0.1, 0.15) is 5.82 Å². The minimum absolute atomic E-state index is 0.774. The van der Waals surface area contributed by atoms with E-state index in [0.29, 0.717) is 0 Å². The summed E-state index contributed by atoms with van der Waals surface area (Å²) in [6, 6.07) is 0. The number of piperazine rings is 1. The van der Waals surface area contributed by atoms with Gasteiger partial charge in [0.25, 0.3) is 0 Å². The lowest BCUT2D eigenvalue weighted by Gasteiger charge is -2.35. The average Bonchev–Trinajstić information content (AvgIpc) is 2.41. The molecule has 1 aromatic heterocycles. The Morgan fingerprint density at radius 3 is 2.67 bits per heavy atom. The molecule has 0 radical (unpaired) electrons. The van der Waals surface area contributed by atoms with Crippen molar-refractivity contribution >= 4 is 5.82 Å². The third-order valence-electron chi connectivity index (χ3n) is 3.27. The number of aromatic nitrogens is 2. The van der Waals surface area contributed by atoms with Crippen molar-refractivity contribution in [1.29, 1.82) is 0 Å². The third-order valence-corrected chi connectivity index (χ3v) is 3.27. The molecule has 0 bridgehead atoms. The monoisotopic (exact) mass is 249 g/mol. The van der Waals surface area contributed by atoms with E-state index in [1.165, 1.54) is 13.0 Å². The van der Waals surface area contributed by atoms with Crippen molar-refractivity contribution in [3.63, 3.8) is 0 Å². The van der Waals surface area contributed by atoms with Crippen LogP contribution >= 0.6 is 0 Å². The van der Waals surface area contributed by atoms with Gasteiger partial charge in [-0.1, -0.05) is 6.92 Å². The van der Waals surface area contributed by atoms with Gasteiger partial charge in [-0.2, -0.15) is 0 Å². The molecule has 1 aliphatic heterocycles. The maximum atomic E-state index is 4.64. The van der Waals surface area contributed by atoms with E-state index in [4.69, 9.17) is 0 Å². The first-order chi connectivity index (χ1) is 8.83. The van der Waals surface area contributed by atoms with Crippen LogP contribution in [0.15, 0.2) is 12.4 Å². The Morgan fingerprint density at radius 2 is 2.00 bits per heavy atom. The van der Waals surface area contributed by atoms with Gasteiger partial charge in [-0.15, -0.1) is 0 Å². The topological polar surface area (TPSA) is 44.3 Å². The van der Waals surface area contributed by atoms with E-state index in [2.05, 4.69) is 32.0 Å². The molecule has 0 spiro atoms. The van der Waals surface area contributed by atoms with Crippen molar-refractivity contribution in [2.75, 3.05) is 44.7 Å². The molecule has 0 aliphatic carbocycles. The Bertz CT molecular complexity index is 360. The molecule has 1 fully saturated rings. The van der Waals surface area contributed by atoms with Gasteiger partial charge in [-0.25, -0.2) is 4.98 Å². The zero-order chi connectivity index (χ0) is 12.8. The van der Waals surface area contributed by atoms with E-state index in [9.17, 15) is 0 Å². The van der Waals surface area contributed by atoms with Gasteiger partial charge in [0.15, 0.2) is 0 Å². The average molecular weight is 249 g/mol. The summed E-state index contributed by atoms with van der Waals surface area (Å²) >= 11 is 0. The molecule has 0 unspecified atom stereocenters. The predicted molar refractivity (Wildman–Crippen MR) is 73.7 cm³/mol. The van der Waals surface area contributed by atoms with E-state index in [1.807, 2.05) is 19.4 Å². The molecular formula is C13H23N5. The Kier molecular flexibility index (Phi) is 4.90. The fourth-order valence-corrected chi connectivity index (χ4v) is 2.33. The molecule has 1 N–H and O–H groups in total. The third kappa shape index (κ3) is 3.40. The number of nitrogens with one attached hydrogen (secondary N) is 1. The zero-order valence-electron chi connectivity index (χ0n) is 11.4. The summed E-state index contributed by atoms with van der Waals surface area (Å²) < 4.78 is 0. The molecule has 1 aromatic rings. The molecule has 0 saturated carbocycles. The fraction of sp³-hybridized carbons (Fsp3) is 0.692. The van der Waals surface area contributed by atoms with Crippen molar-refractivity contribution < 1.29 is 0 Å². The smallest absolute Gasteiger partial charge is 0.147 e. The second-order valence-corrected chi connectivity index (χ2v) is 4.73. The fourth-order valence-electron chi connectivity index (χ4n) is 2.33. The molecule has 18 heavy (non-hydrogen) atoms. The van der Waals surface area contributed by atoms with E-state index < -0.39 is 0 Å². The van der Waals surface area contributed by atoms with Crippen LogP contribution in [0.5, 0.6) is 0 Å². The summed E-state index contributed by atoms with van der Waals surface area (Å²) in [5.41, 5.74) is 1.01. The van der Waals surface area contributed by atoms with Gasteiger partial charge in [0, 0.05) is 38.9 Å². The lowest BCUT2D eigenvalue weighted by Crippen LogP contribution is -2.46. The molecule has 2 heterocycles. The molecule has 0 aromatic carbocycles. The number of hydrogen-bond acceptors (Lipinski definition) is 5. The Hall–Kier alpha value is -1.20. The Labute approximate surface area is 109 Å². The van der Waals surface area contributed by atoms with Crippen LogP contribution < -0.4 is 10.2 Å². The van der Waals surface area contributed by atoms with Crippen molar-refractivity contribution in [3.8, 4) is 0 Å². The number of nitrogens with zero attached hydrogens (tertiary/aromatic N) is 4. The quantitative estimate of drug-likeness (QED) is 0.833. The second kappa shape index (κ2) is 6.66. The van der Waals surface area contributed by atoms with Gasteiger partial charge in [0.05, 0.1) is 11.9 Å². The molecule has 100 valence electrons. The normalized spacial score (nSPS) is 17.1. The first-order valence-corrected chi connectivity index (χ1v) is 6.76. The zero-order valence-corrected chi connectivity index (χ0v) is 11.4. The van der Waals surface area contributed by atoms with Gasteiger partial charge in [-0.3, -0.25) is 9.88 Å². The van der Waals surface area contributed by atoms with Crippen LogP contribution in [0.25, 0.3) is 0 Å². The van der Waals surface area contributed by atoms with Crippen LogP contribution in [0.4, 0.5) is 5.82 Å². The van der Waals surface area contributed by atoms with E-state index in [0.717, 1.165) is 44.2 Å². The van der Waals surface area contributed by atoms with Crippen LogP contribution in [0.2, 0.25) is 0 Å². The van der Waals surface area contributed by atoms with Crippen LogP contribution in [0, 0.1) is 0 Å². The molecule has 1 saturated heterocycles. The summed E-state index contributed by atoms with van der Waals surface area (Å²) in [6.07, 6.45) is 4.93. The highest BCUT2D eigenvalue weighted by Crippen LogP contribution is 2.13. The van der Waals surface area contributed by atoms with E-state index >= 15 is 0 Å². The molecule has 0 amide bonds. The molecule has 1 aliphatic rings. The lowest BCUT2D eigenvalue weighted by molar-refractivity contribution is 0.258. The summed E-state index contributed by atoms with van der Waals surface area (Å²) in [5, 5.41) is 3.11. The van der Waals surface area contributed by atoms with Crippen molar-refractivity contribution in [3.05, 3.63) is 18.1 Å². The van der Waals surface area contributed by atoms with Crippen LogP contribution in [-0.4, -0.2) is 54.6 Å². The number of anilines is 1. The maximum absolute atomic E-state index is 4.64. The van der Waals surface area contributed by atoms with Gasteiger partial charge >= 0.3 is 0 Å². The number of rotatable bonds is 5. The van der Waals surface area contributed by atoms with Crippen LogP contribution in [0.1, 0.15) is 19.0 Å². The highest BCUT2D eigenvalue weighted by molar-refractivity contribution is 5.37. The van der Waals surface area contributed by atoms with Crippen molar-refractivity contribution in [2.45, 2.75) is 19.9 Å². The van der Waals surface area contributed by atoms with Crippen molar-refractivity contribution in [1.82, 2.24) is 20.2 Å². The summed E-state index contributed by atoms with van der Waals surface area (Å²) in [4.78, 5) is 13.8. The second-order valence-electron chi connectivity index (χ2n) is 4.73. The molecule has 2 rings (SSSR count). The minimum Gasteiger partial charge on any atom is -0.353 e. The molecule has 0 atom stereocenters. The highest BCUT2D eigenvalue weighted by atomic mass is 15.3. The van der Waals surface area contributed by atoms with E-state index in [1.54, 1.807) is 0 Å². The first kappa shape index (κ1) is 13.2. The van der Waals surface area contributed by atoms with Gasteiger partial charge in [0.2, 0.25) is 0 Å². The number of hydrogen-bond donors (Lipinski definition) is 1. The molecular weight excluding hydrogens is 226 g/mol. The van der Waals surface area contributed by atoms with Crippen molar-refractivity contribution in [2.24, 2.45) is 0 Å². The summed E-state index contributed by atoms with van der Waals surface area (Å²) in [6.45, 7) is 8.59. The first-order valence-electron chi connectivity index (χ1n) is 6.76. The highest BCUT2D eigenvalue weighted by Gasteiger charge is 2.17. The molecule has 5 heteroatoms. The lowest BCUT2D eigenvalue weighted by atomic mass is 10.3. The van der Waals surface area contributed by atoms with Crippen LogP contribution in [0.3, 0.4) is 0 Å². The Balaban J connectivity index is 1.94. The van der Waals surface area contributed by atoms with Crippen LogP contribution in [-0.2, 0) is 6.54 Å².